The van der Waals surface area contributed by atoms with Crippen molar-refractivity contribution in [1.29, 1.82) is 0 Å². The van der Waals surface area contributed by atoms with E-state index < -0.39 is 0 Å². The molecule has 2 atom stereocenters. The molecule has 2 unspecified atom stereocenters. The van der Waals surface area contributed by atoms with Crippen molar-refractivity contribution in [2.45, 2.75) is 52.1 Å². The van der Waals surface area contributed by atoms with E-state index in [2.05, 4.69) is 35.1 Å². The first-order chi connectivity index (χ1) is 7.83. The predicted octanol–water partition coefficient (Wildman–Crippen LogP) is 2.74. The first kappa shape index (κ1) is 11.6. The van der Waals surface area contributed by atoms with Gasteiger partial charge in [0, 0.05) is 24.3 Å². The molecular formula is C13H23N3. The average Bonchev–Trinajstić information content (AvgIpc) is 2.78. The van der Waals surface area contributed by atoms with E-state index in [9.17, 15) is 0 Å². The van der Waals surface area contributed by atoms with Gasteiger partial charge in [-0.25, -0.2) is 0 Å². The van der Waals surface area contributed by atoms with E-state index in [0.717, 1.165) is 25.4 Å². The van der Waals surface area contributed by atoms with Gasteiger partial charge in [-0.05, 0) is 31.7 Å². The number of nitrogens with zero attached hydrogens (tertiary/aromatic N) is 2. The fourth-order valence-electron chi connectivity index (χ4n) is 2.53. The Morgan fingerprint density at radius 1 is 1.50 bits per heavy atom. The molecule has 1 aliphatic heterocycles. The van der Waals surface area contributed by atoms with Crippen LogP contribution in [-0.4, -0.2) is 16.3 Å². The Bertz CT molecular complexity index is 319. The summed E-state index contributed by atoms with van der Waals surface area (Å²) < 4.78 is 2.06. The van der Waals surface area contributed by atoms with Gasteiger partial charge in [-0.15, -0.1) is 0 Å². The summed E-state index contributed by atoms with van der Waals surface area (Å²) in [6.07, 6.45) is 9.30. The molecule has 16 heavy (non-hydrogen) atoms. The standard InChI is InChI=1S/C13H23N3/c1-3-7-16-10-12(9-15-16)13-8-11(4-2)5-6-14-13/h9-11,13-14H,3-8H2,1-2H3. The fraction of sp³-hybridized carbons (Fsp3) is 0.769. The second-order valence-corrected chi connectivity index (χ2v) is 4.84. The lowest BCUT2D eigenvalue weighted by atomic mass is 9.88. The highest BCUT2D eigenvalue weighted by Gasteiger charge is 2.22. The van der Waals surface area contributed by atoms with Crippen LogP contribution < -0.4 is 5.32 Å². The number of piperidine rings is 1. The molecule has 0 aliphatic carbocycles. The summed E-state index contributed by atoms with van der Waals surface area (Å²) in [6.45, 7) is 6.67. The third-order valence-electron chi connectivity index (χ3n) is 3.60. The summed E-state index contributed by atoms with van der Waals surface area (Å²) in [6, 6.07) is 0.532. The third kappa shape index (κ3) is 2.64. The maximum atomic E-state index is 4.41. The molecule has 1 aliphatic rings. The van der Waals surface area contributed by atoms with Gasteiger partial charge in [-0.1, -0.05) is 20.3 Å². The molecule has 0 bridgehead atoms. The largest absolute Gasteiger partial charge is 0.310 e. The van der Waals surface area contributed by atoms with Gasteiger partial charge in [0.2, 0.25) is 0 Å². The molecule has 3 nitrogen and oxygen atoms in total. The maximum absolute atomic E-state index is 4.41. The average molecular weight is 221 g/mol. The number of rotatable bonds is 4. The Balaban J connectivity index is 1.99. The highest BCUT2D eigenvalue weighted by molar-refractivity contribution is 5.11. The number of hydrogen-bond donors (Lipinski definition) is 1. The van der Waals surface area contributed by atoms with Gasteiger partial charge in [0.25, 0.3) is 0 Å². The SMILES string of the molecule is CCCn1cc(C2CC(CC)CCN2)cn1. The highest BCUT2D eigenvalue weighted by Crippen LogP contribution is 2.28. The molecular weight excluding hydrogens is 198 g/mol. The molecule has 1 saturated heterocycles. The van der Waals surface area contributed by atoms with E-state index >= 15 is 0 Å². The number of aromatic nitrogens is 2. The summed E-state index contributed by atoms with van der Waals surface area (Å²) in [5, 5.41) is 8.01. The number of aryl methyl sites for hydroxylation is 1. The van der Waals surface area contributed by atoms with Gasteiger partial charge in [0.1, 0.15) is 0 Å². The summed E-state index contributed by atoms with van der Waals surface area (Å²) >= 11 is 0. The second kappa shape index (κ2) is 5.48. The summed E-state index contributed by atoms with van der Waals surface area (Å²) in [4.78, 5) is 0. The lowest BCUT2D eigenvalue weighted by Crippen LogP contribution is -2.31. The van der Waals surface area contributed by atoms with Crippen molar-refractivity contribution in [3.63, 3.8) is 0 Å². The Kier molecular flexibility index (Phi) is 3.99. The van der Waals surface area contributed by atoms with Crippen LogP contribution in [0.2, 0.25) is 0 Å². The quantitative estimate of drug-likeness (QED) is 0.847. The van der Waals surface area contributed by atoms with Gasteiger partial charge in [-0.3, -0.25) is 4.68 Å². The van der Waals surface area contributed by atoms with Crippen LogP contribution in [0.25, 0.3) is 0 Å². The minimum Gasteiger partial charge on any atom is -0.310 e. The van der Waals surface area contributed by atoms with Crippen LogP contribution in [0.1, 0.15) is 51.1 Å². The molecule has 0 amide bonds. The minimum absolute atomic E-state index is 0.532. The van der Waals surface area contributed by atoms with Gasteiger partial charge < -0.3 is 5.32 Å². The summed E-state index contributed by atoms with van der Waals surface area (Å²) in [5.41, 5.74) is 1.37. The molecule has 0 saturated carbocycles. The molecule has 90 valence electrons. The van der Waals surface area contributed by atoms with Crippen molar-refractivity contribution in [2.24, 2.45) is 5.92 Å². The Morgan fingerprint density at radius 2 is 2.38 bits per heavy atom. The van der Waals surface area contributed by atoms with Crippen molar-refractivity contribution in [3.05, 3.63) is 18.0 Å². The van der Waals surface area contributed by atoms with Crippen LogP contribution in [0.4, 0.5) is 0 Å². The first-order valence-corrected chi connectivity index (χ1v) is 6.59. The van der Waals surface area contributed by atoms with Gasteiger partial charge in [-0.2, -0.15) is 5.10 Å². The van der Waals surface area contributed by atoms with Gasteiger partial charge >= 0.3 is 0 Å². The van der Waals surface area contributed by atoms with Crippen molar-refractivity contribution in [3.8, 4) is 0 Å². The first-order valence-electron chi connectivity index (χ1n) is 6.59. The van der Waals surface area contributed by atoms with E-state index in [1.54, 1.807) is 0 Å². The molecule has 3 heteroatoms. The molecule has 2 rings (SSSR count). The summed E-state index contributed by atoms with van der Waals surface area (Å²) in [7, 11) is 0. The second-order valence-electron chi connectivity index (χ2n) is 4.84. The van der Waals surface area contributed by atoms with Crippen LogP contribution in [0, 0.1) is 5.92 Å². The zero-order valence-electron chi connectivity index (χ0n) is 10.4. The number of nitrogens with one attached hydrogen (secondary N) is 1. The predicted molar refractivity (Wildman–Crippen MR) is 66.3 cm³/mol. The molecule has 1 aromatic rings. The van der Waals surface area contributed by atoms with E-state index in [0.29, 0.717) is 6.04 Å². The molecule has 1 fully saturated rings. The number of hydrogen-bond acceptors (Lipinski definition) is 2. The Hall–Kier alpha value is -0.830. The van der Waals surface area contributed by atoms with E-state index in [1.807, 2.05) is 6.20 Å². The maximum Gasteiger partial charge on any atom is 0.0537 e. The van der Waals surface area contributed by atoms with Crippen LogP contribution in [0.15, 0.2) is 12.4 Å². The van der Waals surface area contributed by atoms with E-state index in [4.69, 9.17) is 0 Å². The van der Waals surface area contributed by atoms with Crippen LogP contribution in [0.3, 0.4) is 0 Å². The zero-order chi connectivity index (χ0) is 11.4. The van der Waals surface area contributed by atoms with Crippen LogP contribution in [-0.2, 0) is 6.54 Å². The van der Waals surface area contributed by atoms with Gasteiger partial charge in [0.05, 0.1) is 6.20 Å². The lowest BCUT2D eigenvalue weighted by Gasteiger charge is -2.29. The molecule has 0 spiro atoms. The van der Waals surface area contributed by atoms with Crippen molar-refractivity contribution >= 4 is 0 Å². The van der Waals surface area contributed by atoms with Crippen molar-refractivity contribution in [1.82, 2.24) is 15.1 Å². The molecule has 1 N–H and O–H groups in total. The third-order valence-corrected chi connectivity index (χ3v) is 3.60. The molecule has 2 heterocycles. The molecule has 0 aromatic carbocycles. The topological polar surface area (TPSA) is 29.9 Å². The molecule has 0 radical (unpaired) electrons. The summed E-state index contributed by atoms with van der Waals surface area (Å²) in [5.74, 6) is 0.890. The van der Waals surface area contributed by atoms with Crippen LogP contribution >= 0.6 is 0 Å². The van der Waals surface area contributed by atoms with Crippen molar-refractivity contribution < 1.29 is 0 Å². The monoisotopic (exact) mass is 221 g/mol. The highest BCUT2D eigenvalue weighted by atomic mass is 15.3. The zero-order valence-corrected chi connectivity index (χ0v) is 10.4. The normalized spacial score (nSPS) is 25.9. The smallest absolute Gasteiger partial charge is 0.0537 e. The fourth-order valence-corrected chi connectivity index (χ4v) is 2.53. The molecule has 1 aromatic heterocycles. The Morgan fingerprint density at radius 3 is 3.12 bits per heavy atom. The Labute approximate surface area is 98.2 Å². The minimum atomic E-state index is 0.532. The van der Waals surface area contributed by atoms with E-state index in [-0.39, 0.29) is 0 Å². The lowest BCUT2D eigenvalue weighted by molar-refractivity contribution is 0.299. The van der Waals surface area contributed by atoms with Crippen LogP contribution in [0.5, 0.6) is 0 Å². The van der Waals surface area contributed by atoms with Gasteiger partial charge in [0.15, 0.2) is 0 Å². The van der Waals surface area contributed by atoms with Crippen molar-refractivity contribution in [2.75, 3.05) is 6.54 Å². The van der Waals surface area contributed by atoms with E-state index in [1.165, 1.54) is 24.8 Å².